The summed E-state index contributed by atoms with van der Waals surface area (Å²) in [6.07, 6.45) is 3.47. The monoisotopic (exact) mass is 174 g/mol. The van der Waals surface area contributed by atoms with Crippen molar-refractivity contribution in [1.29, 1.82) is 0 Å². The van der Waals surface area contributed by atoms with Gasteiger partial charge in [-0.3, -0.25) is 4.79 Å². The molecule has 72 valence electrons. The van der Waals surface area contributed by atoms with Crippen molar-refractivity contribution < 1.29 is 14.3 Å². The second kappa shape index (κ2) is 8.53. The first kappa shape index (κ1) is 11.4. The van der Waals surface area contributed by atoms with Gasteiger partial charge in [0.1, 0.15) is 0 Å². The van der Waals surface area contributed by atoms with Crippen molar-refractivity contribution in [1.82, 2.24) is 0 Å². The Balaban J connectivity index is 2.95. The summed E-state index contributed by atoms with van der Waals surface area (Å²) in [7, 11) is 1.40. The molecule has 0 fully saturated rings. The topological polar surface area (TPSA) is 35.5 Å². The standard InChI is InChI=1S/C9H18O3/c1-3-4-7-12-8-5-6-9(10)11-2/h3-8H2,1-2H3. The van der Waals surface area contributed by atoms with E-state index in [2.05, 4.69) is 11.7 Å². The maximum absolute atomic E-state index is 10.6. The van der Waals surface area contributed by atoms with E-state index in [0.717, 1.165) is 25.9 Å². The van der Waals surface area contributed by atoms with Gasteiger partial charge in [-0.15, -0.1) is 0 Å². The second-order valence-corrected chi connectivity index (χ2v) is 2.65. The Kier molecular flexibility index (Phi) is 8.12. The van der Waals surface area contributed by atoms with E-state index in [1.165, 1.54) is 7.11 Å². The van der Waals surface area contributed by atoms with Gasteiger partial charge in [-0.2, -0.15) is 0 Å². The normalized spacial score (nSPS) is 9.83. The van der Waals surface area contributed by atoms with Crippen LogP contribution in [0.3, 0.4) is 0 Å². The Bertz CT molecular complexity index is 112. The summed E-state index contributed by atoms with van der Waals surface area (Å²) in [4.78, 5) is 10.6. The summed E-state index contributed by atoms with van der Waals surface area (Å²) < 4.78 is 9.74. The van der Waals surface area contributed by atoms with Crippen molar-refractivity contribution in [2.24, 2.45) is 0 Å². The van der Waals surface area contributed by atoms with E-state index < -0.39 is 0 Å². The van der Waals surface area contributed by atoms with Gasteiger partial charge in [-0.25, -0.2) is 0 Å². The molecule has 0 N–H and O–H groups in total. The van der Waals surface area contributed by atoms with Crippen LogP contribution in [-0.4, -0.2) is 26.3 Å². The van der Waals surface area contributed by atoms with Crippen LogP contribution in [0, 0.1) is 0 Å². The molecule has 3 nitrogen and oxygen atoms in total. The van der Waals surface area contributed by atoms with Crippen LogP contribution in [0.15, 0.2) is 0 Å². The zero-order chi connectivity index (χ0) is 9.23. The number of carbonyl (C=O) groups is 1. The average molecular weight is 174 g/mol. The minimum atomic E-state index is -0.158. The Labute approximate surface area is 74.0 Å². The lowest BCUT2D eigenvalue weighted by atomic mass is 10.3. The van der Waals surface area contributed by atoms with Crippen LogP contribution in [0.1, 0.15) is 32.6 Å². The van der Waals surface area contributed by atoms with Crippen molar-refractivity contribution >= 4 is 5.97 Å². The first-order valence-corrected chi connectivity index (χ1v) is 4.45. The highest BCUT2D eigenvalue weighted by Gasteiger charge is 1.98. The van der Waals surface area contributed by atoms with Crippen LogP contribution < -0.4 is 0 Å². The van der Waals surface area contributed by atoms with Gasteiger partial charge in [0, 0.05) is 19.6 Å². The number of ether oxygens (including phenoxy) is 2. The van der Waals surface area contributed by atoms with Crippen molar-refractivity contribution in [2.45, 2.75) is 32.6 Å². The first-order valence-electron chi connectivity index (χ1n) is 4.45. The third-order valence-corrected chi connectivity index (χ3v) is 1.54. The van der Waals surface area contributed by atoms with E-state index in [-0.39, 0.29) is 5.97 Å². The second-order valence-electron chi connectivity index (χ2n) is 2.65. The van der Waals surface area contributed by atoms with Crippen molar-refractivity contribution in [3.63, 3.8) is 0 Å². The van der Waals surface area contributed by atoms with Crippen molar-refractivity contribution in [3.8, 4) is 0 Å². The fourth-order valence-corrected chi connectivity index (χ4v) is 0.769. The molecule has 0 amide bonds. The highest BCUT2D eigenvalue weighted by atomic mass is 16.5. The quantitative estimate of drug-likeness (QED) is 0.436. The molecule has 0 aromatic rings. The number of unbranched alkanes of at least 4 members (excludes halogenated alkanes) is 1. The zero-order valence-corrected chi connectivity index (χ0v) is 7.97. The number of carbonyl (C=O) groups excluding carboxylic acids is 1. The molecule has 0 saturated carbocycles. The summed E-state index contributed by atoms with van der Waals surface area (Å²) in [6.45, 7) is 3.59. The molecule has 0 aromatic carbocycles. The lowest BCUT2D eigenvalue weighted by Crippen LogP contribution is -2.03. The Morgan fingerprint density at radius 3 is 2.50 bits per heavy atom. The molecule has 0 aliphatic carbocycles. The van der Waals surface area contributed by atoms with Gasteiger partial charge in [-0.1, -0.05) is 13.3 Å². The highest BCUT2D eigenvalue weighted by Crippen LogP contribution is 1.94. The summed E-state index contributed by atoms with van der Waals surface area (Å²) in [5.41, 5.74) is 0. The molecule has 0 atom stereocenters. The number of rotatable bonds is 7. The molecule has 0 aliphatic rings. The predicted molar refractivity (Wildman–Crippen MR) is 47.0 cm³/mol. The molecule has 0 heterocycles. The molecule has 0 radical (unpaired) electrons. The third kappa shape index (κ3) is 7.54. The molecular formula is C9H18O3. The molecule has 0 aliphatic heterocycles. The van der Waals surface area contributed by atoms with E-state index in [9.17, 15) is 4.79 Å². The van der Waals surface area contributed by atoms with E-state index in [1.54, 1.807) is 0 Å². The number of hydrogen-bond donors (Lipinski definition) is 0. The summed E-state index contributed by atoms with van der Waals surface area (Å²) in [6, 6.07) is 0. The van der Waals surface area contributed by atoms with Gasteiger partial charge >= 0.3 is 5.97 Å². The van der Waals surface area contributed by atoms with Gasteiger partial charge in [0.25, 0.3) is 0 Å². The van der Waals surface area contributed by atoms with Crippen LogP contribution in [0.4, 0.5) is 0 Å². The SMILES string of the molecule is CCCCOCCCC(=O)OC. The lowest BCUT2D eigenvalue weighted by Gasteiger charge is -2.01. The fraction of sp³-hybridized carbons (Fsp3) is 0.889. The average Bonchev–Trinajstić information content (AvgIpc) is 2.10. The molecule has 0 saturated heterocycles. The van der Waals surface area contributed by atoms with Gasteiger partial charge in [0.2, 0.25) is 0 Å². The molecule has 0 bridgehead atoms. The molecular weight excluding hydrogens is 156 g/mol. The number of methoxy groups -OCH3 is 1. The maximum Gasteiger partial charge on any atom is 0.305 e. The van der Waals surface area contributed by atoms with E-state index in [4.69, 9.17) is 4.74 Å². The first-order chi connectivity index (χ1) is 5.81. The highest BCUT2D eigenvalue weighted by molar-refractivity contribution is 5.68. The third-order valence-electron chi connectivity index (χ3n) is 1.54. The van der Waals surface area contributed by atoms with E-state index >= 15 is 0 Å². The van der Waals surface area contributed by atoms with Crippen LogP contribution in [-0.2, 0) is 14.3 Å². The van der Waals surface area contributed by atoms with Gasteiger partial charge in [0.15, 0.2) is 0 Å². The van der Waals surface area contributed by atoms with Crippen LogP contribution in [0.2, 0.25) is 0 Å². The maximum atomic E-state index is 10.6. The summed E-state index contributed by atoms with van der Waals surface area (Å²) in [5, 5.41) is 0. The molecule has 12 heavy (non-hydrogen) atoms. The smallest absolute Gasteiger partial charge is 0.305 e. The lowest BCUT2D eigenvalue weighted by molar-refractivity contribution is -0.141. The zero-order valence-electron chi connectivity index (χ0n) is 7.97. The van der Waals surface area contributed by atoms with Crippen LogP contribution in [0.5, 0.6) is 0 Å². The van der Waals surface area contributed by atoms with Gasteiger partial charge in [0.05, 0.1) is 7.11 Å². The predicted octanol–water partition coefficient (Wildman–Crippen LogP) is 1.76. The fourth-order valence-electron chi connectivity index (χ4n) is 0.769. The molecule has 0 aromatic heterocycles. The largest absolute Gasteiger partial charge is 0.469 e. The molecule has 0 rings (SSSR count). The van der Waals surface area contributed by atoms with Crippen LogP contribution in [0.25, 0.3) is 0 Å². The Morgan fingerprint density at radius 1 is 1.25 bits per heavy atom. The summed E-state index contributed by atoms with van der Waals surface area (Å²) >= 11 is 0. The minimum Gasteiger partial charge on any atom is -0.469 e. The van der Waals surface area contributed by atoms with Gasteiger partial charge < -0.3 is 9.47 Å². The Hall–Kier alpha value is -0.570. The Morgan fingerprint density at radius 2 is 1.92 bits per heavy atom. The van der Waals surface area contributed by atoms with Crippen molar-refractivity contribution in [3.05, 3.63) is 0 Å². The molecule has 3 heteroatoms. The summed E-state index contributed by atoms with van der Waals surface area (Å²) in [5.74, 6) is -0.158. The number of esters is 1. The van der Waals surface area contributed by atoms with Crippen LogP contribution >= 0.6 is 0 Å². The number of hydrogen-bond acceptors (Lipinski definition) is 3. The molecule has 0 unspecified atom stereocenters. The molecule has 0 spiro atoms. The van der Waals surface area contributed by atoms with Gasteiger partial charge in [-0.05, 0) is 12.8 Å². The van der Waals surface area contributed by atoms with Crippen molar-refractivity contribution in [2.75, 3.05) is 20.3 Å². The van der Waals surface area contributed by atoms with E-state index in [1.807, 2.05) is 0 Å². The van der Waals surface area contributed by atoms with E-state index in [0.29, 0.717) is 13.0 Å². The minimum absolute atomic E-state index is 0.158.